The molecule has 2 amide bonds. The molecule has 0 heterocycles. The Kier molecular flexibility index (Phi) is 4.63. The number of anilines is 2. The van der Waals surface area contributed by atoms with Crippen LogP contribution in [0.25, 0.3) is 0 Å². The van der Waals surface area contributed by atoms with E-state index in [-0.39, 0.29) is 10.9 Å². The van der Waals surface area contributed by atoms with Crippen LogP contribution in [-0.2, 0) is 9.59 Å². The van der Waals surface area contributed by atoms with Gasteiger partial charge in [-0.15, -0.1) is 0 Å². The minimum atomic E-state index is -1.11. The SMILES string of the molecule is COc1ccc(NC(=O)C2(C(=O)Nc3ccc(F)c(Cl)c3)CC2)cc1. The molecule has 0 spiro atoms. The first-order valence-corrected chi connectivity index (χ1v) is 8.04. The van der Waals surface area contributed by atoms with Crippen LogP contribution in [0.5, 0.6) is 5.75 Å². The molecule has 0 aromatic heterocycles. The molecule has 2 aromatic carbocycles. The van der Waals surface area contributed by atoms with E-state index >= 15 is 0 Å². The van der Waals surface area contributed by atoms with Crippen molar-refractivity contribution in [1.82, 2.24) is 0 Å². The number of hydrogen-bond acceptors (Lipinski definition) is 3. The molecule has 0 bridgehead atoms. The van der Waals surface area contributed by atoms with E-state index in [9.17, 15) is 14.0 Å². The van der Waals surface area contributed by atoms with Crippen molar-refractivity contribution in [3.63, 3.8) is 0 Å². The summed E-state index contributed by atoms with van der Waals surface area (Å²) in [6.07, 6.45) is 0.908. The van der Waals surface area contributed by atoms with Crippen LogP contribution in [0.1, 0.15) is 12.8 Å². The molecule has 1 fully saturated rings. The third-order valence-electron chi connectivity index (χ3n) is 4.14. The maximum atomic E-state index is 13.2. The van der Waals surface area contributed by atoms with Gasteiger partial charge in [0.15, 0.2) is 0 Å². The number of benzene rings is 2. The number of rotatable bonds is 5. The Morgan fingerprint density at radius 2 is 1.60 bits per heavy atom. The van der Waals surface area contributed by atoms with Crippen molar-refractivity contribution in [2.24, 2.45) is 5.41 Å². The molecule has 1 aliphatic carbocycles. The smallest absolute Gasteiger partial charge is 0.240 e. The van der Waals surface area contributed by atoms with Crippen LogP contribution >= 0.6 is 11.6 Å². The molecule has 0 atom stereocenters. The Balaban J connectivity index is 1.68. The average Bonchev–Trinajstić information content (AvgIpc) is 3.41. The van der Waals surface area contributed by atoms with E-state index in [1.807, 2.05) is 0 Å². The fourth-order valence-electron chi connectivity index (χ4n) is 2.43. The van der Waals surface area contributed by atoms with E-state index in [0.29, 0.717) is 30.0 Å². The lowest BCUT2D eigenvalue weighted by molar-refractivity contribution is -0.131. The van der Waals surface area contributed by atoms with Crippen LogP contribution in [0, 0.1) is 11.2 Å². The molecular formula is C18H16ClFN2O3. The molecular weight excluding hydrogens is 347 g/mol. The molecule has 2 aromatic rings. The average molecular weight is 363 g/mol. The normalized spacial score (nSPS) is 14.5. The third kappa shape index (κ3) is 3.58. The Labute approximate surface area is 149 Å². The summed E-state index contributed by atoms with van der Waals surface area (Å²) in [5.41, 5.74) is -0.185. The Hall–Kier alpha value is -2.60. The molecule has 3 rings (SSSR count). The number of hydrogen-bond donors (Lipinski definition) is 2. The van der Waals surface area contributed by atoms with Gasteiger partial charge in [0.2, 0.25) is 11.8 Å². The molecule has 0 radical (unpaired) electrons. The van der Waals surface area contributed by atoms with Crippen LogP contribution in [0.15, 0.2) is 42.5 Å². The van der Waals surface area contributed by atoms with E-state index in [4.69, 9.17) is 16.3 Å². The van der Waals surface area contributed by atoms with Gasteiger partial charge in [-0.2, -0.15) is 0 Å². The van der Waals surface area contributed by atoms with Gasteiger partial charge in [0.1, 0.15) is 17.0 Å². The second-order valence-electron chi connectivity index (χ2n) is 5.85. The second-order valence-corrected chi connectivity index (χ2v) is 6.25. The molecule has 1 aliphatic rings. The van der Waals surface area contributed by atoms with Crippen molar-refractivity contribution in [3.8, 4) is 5.75 Å². The fraction of sp³-hybridized carbons (Fsp3) is 0.222. The van der Waals surface area contributed by atoms with Gasteiger partial charge in [0.05, 0.1) is 12.1 Å². The number of amides is 2. The van der Waals surface area contributed by atoms with Crippen molar-refractivity contribution in [1.29, 1.82) is 0 Å². The topological polar surface area (TPSA) is 67.4 Å². The van der Waals surface area contributed by atoms with Crippen LogP contribution in [0.4, 0.5) is 15.8 Å². The molecule has 0 aliphatic heterocycles. The summed E-state index contributed by atoms with van der Waals surface area (Å²) in [4.78, 5) is 25.0. The van der Waals surface area contributed by atoms with Gasteiger partial charge in [-0.3, -0.25) is 9.59 Å². The zero-order valence-electron chi connectivity index (χ0n) is 13.4. The van der Waals surface area contributed by atoms with Crippen molar-refractivity contribution in [2.75, 3.05) is 17.7 Å². The van der Waals surface area contributed by atoms with Crippen molar-refractivity contribution < 1.29 is 18.7 Å². The maximum absolute atomic E-state index is 13.2. The molecule has 2 N–H and O–H groups in total. The molecule has 5 nitrogen and oxygen atoms in total. The Morgan fingerprint density at radius 3 is 2.12 bits per heavy atom. The van der Waals surface area contributed by atoms with E-state index < -0.39 is 17.1 Å². The lowest BCUT2D eigenvalue weighted by atomic mass is 10.0. The number of carbonyl (C=O) groups is 2. The van der Waals surface area contributed by atoms with Gasteiger partial charge in [-0.1, -0.05) is 11.6 Å². The first kappa shape index (κ1) is 17.2. The van der Waals surface area contributed by atoms with Crippen LogP contribution in [0.3, 0.4) is 0 Å². The third-order valence-corrected chi connectivity index (χ3v) is 4.43. The highest BCUT2D eigenvalue weighted by Gasteiger charge is 2.56. The first-order chi connectivity index (χ1) is 11.9. The molecule has 1 saturated carbocycles. The quantitative estimate of drug-likeness (QED) is 0.794. The molecule has 130 valence electrons. The number of halogens is 2. The second kappa shape index (κ2) is 6.72. The summed E-state index contributed by atoms with van der Waals surface area (Å²) < 4.78 is 18.3. The number of ether oxygens (including phenoxy) is 1. The molecule has 7 heteroatoms. The predicted molar refractivity (Wildman–Crippen MR) is 93.3 cm³/mol. The fourth-order valence-corrected chi connectivity index (χ4v) is 2.61. The van der Waals surface area contributed by atoms with E-state index in [2.05, 4.69) is 10.6 Å². The maximum Gasteiger partial charge on any atom is 0.240 e. The molecule has 25 heavy (non-hydrogen) atoms. The van der Waals surface area contributed by atoms with Crippen LogP contribution in [-0.4, -0.2) is 18.9 Å². The summed E-state index contributed by atoms with van der Waals surface area (Å²) in [7, 11) is 1.55. The number of nitrogens with one attached hydrogen (secondary N) is 2. The monoisotopic (exact) mass is 362 g/mol. The van der Waals surface area contributed by atoms with Crippen LogP contribution < -0.4 is 15.4 Å². The van der Waals surface area contributed by atoms with Crippen molar-refractivity contribution in [3.05, 3.63) is 53.3 Å². The Morgan fingerprint density at radius 1 is 1.04 bits per heavy atom. The van der Waals surface area contributed by atoms with E-state index in [1.54, 1.807) is 31.4 Å². The van der Waals surface area contributed by atoms with Crippen LogP contribution in [0.2, 0.25) is 5.02 Å². The minimum Gasteiger partial charge on any atom is -0.497 e. The first-order valence-electron chi connectivity index (χ1n) is 7.67. The lowest BCUT2D eigenvalue weighted by Crippen LogP contribution is -2.35. The van der Waals surface area contributed by atoms with E-state index in [1.165, 1.54) is 12.1 Å². The Bertz CT molecular complexity index is 820. The molecule has 0 saturated heterocycles. The number of methoxy groups -OCH3 is 1. The number of carbonyl (C=O) groups excluding carboxylic acids is 2. The van der Waals surface area contributed by atoms with Gasteiger partial charge < -0.3 is 15.4 Å². The van der Waals surface area contributed by atoms with E-state index in [0.717, 1.165) is 6.07 Å². The zero-order chi connectivity index (χ0) is 18.0. The summed E-state index contributed by atoms with van der Waals surface area (Å²) in [6.45, 7) is 0. The highest BCUT2D eigenvalue weighted by atomic mass is 35.5. The highest BCUT2D eigenvalue weighted by molar-refractivity contribution is 6.31. The standard InChI is InChI=1S/C18H16ClFN2O3/c1-25-13-5-2-11(3-6-13)21-16(23)18(8-9-18)17(24)22-12-4-7-15(20)14(19)10-12/h2-7,10H,8-9H2,1H3,(H,21,23)(H,22,24). The summed E-state index contributed by atoms with van der Waals surface area (Å²) in [5, 5.41) is 5.28. The van der Waals surface area contributed by atoms with Crippen molar-refractivity contribution >= 4 is 34.8 Å². The zero-order valence-corrected chi connectivity index (χ0v) is 14.2. The van der Waals surface area contributed by atoms with Gasteiger partial charge in [-0.05, 0) is 55.3 Å². The van der Waals surface area contributed by atoms with Gasteiger partial charge in [-0.25, -0.2) is 4.39 Å². The van der Waals surface area contributed by atoms with Gasteiger partial charge >= 0.3 is 0 Å². The summed E-state index contributed by atoms with van der Waals surface area (Å²) in [6, 6.07) is 10.7. The lowest BCUT2D eigenvalue weighted by Gasteiger charge is -2.16. The van der Waals surface area contributed by atoms with Gasteiger partial charge in [0, 0.05) is 11.4 Å². The predicted octanol–water partition coefficient (Wildman–Crippen LogP) is 3.85. The van der Waals surface area contributed by atoms with Gasteiger partial charge in [0.25, 0.3) is 0 Å². The summed E-state index contributed by atoms with van der Waals surface area (Å²) in [5.74, 6) is -0.701. The minimum absolute atomic E-state index is 0.0923. The largest absolute Gasteiger partial charge is 0.497 e. The molecule has 0 unspecified atom stereocenters. The summed E-state index contributed by atoms with van der Waals surface area (Å²) >= 11 is 5.71. The highest BCUT2D eigenvalue weighted by Crippen LogP contribution is 2.47. The van der Waals surface area contributed by atoms with Crippen molar-refractivity contribution in [2.45, 2.75) is 12.8 Å².